The highest BCUT2D eigenvalue weighted by Gasteiger charge is 2.18. The van der Waals surface area contributed by atoms with Crippen LogP contribution >= 0.6 is 0 Å². The van der Waals surface area contributed by atoms with Crippen LogP contribution in [0.25, 0.3) is 5.76 Å². The van der Waals surface area contributed by atoms with Gasteiger partial charge in [-0.05, 0) is 11.6 Å². The van der Waals surface area contributed by atoms with E-state index in [9.17, 15) is 0 Å². The molecule has 0 aromatic heterocycles. The van der Waals surface area contributed by atoms with Gasteiger partial charge < -0.3 is 4.84 Å². The highest BCUT2D eigenvalue weighted by Crippen LogP contribution is 2.27. The fraction of sp³-hybridized carbons (Fsp3) is 0.0667. The number of hydroxylamine groups is 1. The zero-order valence-electron chi connectivity index (χ0n) is 9.34. The number of hydrogen-bond donors (Lipinski definition) is 1. The average molecular weight is 223 g/mol. The molecule has 1 aliphatic rings. The predicted molar refractivity (Wildman–Crippen MR) is 67.8 cm³/mol. The normalized spacial score (nSPS) is 18.6. The van der Waals surface area contributed by atoms with E-state index >= 15 is 0 Å². The Bertz CT molecular complexity index is 519. The van der Waals surface area contributed by atoms with Crippen molar-refractivity contribution in [3.63, 3.8) is 0 Å². The highest BCUT2D eigenvalue weighted by atomic mass is 16.7. The zero-order valence-corrected chi connectivity index (χ0v) is 9.34. The van der Waals surface area contributed by atoms with Crippen LogP contribution in [0.2, 0.25) is 0 Å². The molecule has 1 aliphatic heterocycles. The first-order valence-corrected chi connectivity index (χ1v) is 5.68. The lowest BCUT2D eigenvalue weighted by molar-refractivity contribution is 0.162. The van der Waals surface area contributed by atoms with Gasteiger partial charge in [0.15, 0.2) is 5.76 Å². The van der Waals surface area contributed by atoms with E-state index in [1.807, 2.05) is 48.5 Å². The Kier molecular flexibility index (Phi) is 2.64. The molecule has 3 rings (SSSR count). The second-order valence-corrected chi connectivity index (χ2v) is 4.01. The van der Waals surface area contributed by atoms with Crippen LogP contribution < -0.4 is 5.48 Å². The van der Waals surface area contributed by atoms with Crippen LogP contribution in [0.3, 0.4) is 0 Å². The molecule has 0 aliphatic carbocycles. The smallest absolute Gasteiger partial charge is 0.152 e. The Morgan fingerprint density at radius 2 is 1.47 bits per heavy atom. The van der Waals surface area contributed by atoms with Crippen molar-refractivity contribution in [2.24, 2.45) is 0 Å². The van der Waals surface area contributed by atoms with Crippen LogP contribution in [0.1, 0.15) is 17.2 Å². The van der Waals surface area contributed by atoms with Gasteiger partial charge in [0.2, 0.25) is 0 Å². The topological polar surface area (TPSA) is 21.3 Å². The maximum Gasteiger partial charge on any atom is 0.152 e. The molecule has 0 saturated carbocycles. The van der Waals surface area contributed by atoms with Crippen molar-refractivity contribution in [3.8, 4) is 0 Å². The Labute approximate surface area is 101 Å². The molecule has 1 unspecified atom stereocenters. The van der Waals surface area contributed by atoms with Gasteiger partial charge in [-0.2, -0.15) is 0 Å². The third kappa shape index (κ3) is 2.08. The van der Waals surface area contributed by atoms with Crippen molar-refractivity contribution >= 4 is 5.76 Å². The molecular formula is C15H13NO. The monoisotopic (exact) mass is 223 g/mol. The zero-order chi connectivity index (χ0) is 11.5. The molecule has 0 spiro atoms. The molecular weight excluding hydrogens is 210 g/mol. The highest BCUT2D eigenvalue weighted by molar-refractivity contribution is 5.62. The van der Waals surface area contributed by atoms with Crippen LogP contribution in [0.4, 0.5) is 0 Å². The van der Waals surface area contributed by atoms with Gasteiger partial charge in [-0.1, -0.05) is 60.7 Å². The summed E-state index contributed by atoms with van der Waals surface area (Å²) in [5.41, 5.74) is 5.33. The summed E-state index contributed by atoms with van der Waals surface area (Å²) in [5.74, 6) is 0.888. The minimum atomic E-state index is 0.131. The molecule has 0 radical (unpaired) electrons. The van der Waals surface area contributed by atoms with Gasteiger partial charge in [-0.25, -0.2) is 0 Å². The summed E-state index contributed by atoms with van der Waals surface area (Å²) in [4.78, 5) is 5.52. The Morgan fingerprint density at radius 3 is 2.18 bits per heavy atom. The van der Waals surface area contributed by atoms with Crippen molar-refractivity contribution in [2.75, 3.05) is 0 Å². The first-order chi connectivity index (χ1) is 8.43. The van der Waals surface area contributed by atoms with Gasteiger partial charge in [-0.3, -0.25) is 0 Å². The van der Waals surface area contributed by atoms with Crippen molar-refractivity contribution in [1.29, 1.82) is 0 Å². The van der Waals surface area contributed by atoms with E-state index in [2.05, 4.69) is 23.7 Å². The third-order valence-corrected chi connectivity index (χ3v) is 2.83. The summed E-state index contributed by atoms with van der Waals surface area (Å²) in [5, 5.41) is 0. The summed E-state index contributed by atoms with van der Waals surface area (Å²) < 4.78 is 0. The van der Waals surface area contributed by atoms with Gasteiger partial charge in [0.1, 0.15) is 0 Å². The number of rotatable bonds is 2. The second kappa shape index (κ2) is 4.44. The lowest BCUT2D eigenvalue weighted by Crippen LogP contribution is -2.12. The molecule has 1 N–H and O–H groups in total. The maximum absolute atomic E-state index is 5.52. The Morgan fingerprint density at radius 1 is 0.824 bits per heavy atom. The first kappa shape index (κ1) is 10.1. The molecule has 1 atom stereocenters. The van der Waals surface area contributed by atoms with E-state index in [4.69, 9.17) is 4.84 Å². The fourth-order valence-electron chi connectivity index (χ4n) is 1.93. The quantitative estimate of drug-likeness (QED) is 0.843. The standard InChI is InChI=1S/C15H13NO/c1-3-7-12(8-4-1)14-11-15(17-16-14)13-9-5-2-6-10-13/h1-11,14,16H. The lowest BCUT2D eigenvalue weighted by Gasteiger charge is -2.07. The maximum atomic E-state index is 5.52. The SMILES string of the molecule is C1=C(c2ccccc2)ONC1c1ccccc1. The van der Waals surface area contributed by atoms with Gasteiger partial charge >= 0.3 is 0 Å². The molecule has 2 aromatic carbocycles. The number of hydrogen-bond acceptors (Lipinski definition) is 2. The van der Waals surface area contributed by atoms with E-state index < -0.39 is 0 Å². The molecule has 2 nitrogen and oxygen atoms in total. The van der Waals surface area contributed by atoms with Gasteiger partial charge in [0, 0.05) is 5.56 Å². The van der Waals surface area contributed by atoms with E-state index in [0.29, 0.717) is 0 Å². The third-order valence-electron chi connectivity index (χ3n) is 2.83. The van der Waals surface area contributed by atoms with E-state index in [1.165, 1.54) is 5.56 Å². The summed E-state index contributed by atoms with van der Waals surface area (Å²) in [7, 11) is 0. The van der Waals surface area contributed by atoms with Crippen LogP contribution in [0.5, 0.6) is 0 Å². The largest absolute Gasteiger partial charge is 0.407 e. The summed E-state index contributed by atoms with van der Waals surface area (Å²) in [6.07, 6.45) is 2.10. The molecule has 0 amide bonds. The molecule has 2 heteroatoms. The van der Waals surface area contributed by atoms with Crippen molar-refractivity contribution in [2.45, 2.75) is 6.04 Å². The fourth-order valence-corrected chi connectivity index (χ4v) is 1.93. The molecule has 17 heavy (non-hydrogen) atoms. The first-order valence-electron chi connectivity index (χ1n) is 5.68. The van der Waals surface area contributed by atoms with Gasteiger partial charge in [-0.15, -0.1) is 5.48 Å². The Balaban J connectivity index is 1.87. The molecule has 84 valence electrons. The molecule has 1 heterocycles. The van der Waals surface area contributed by atoms with E-state index in [1.54, 1.807) is 0 Å². The average Bonchev–Trinajstić information content (AvgIpc) is 2.90. The number of benzene rings is 2. The molecule has 0 fully saturated rings. The lowest BCUT2D eigenvalue weighted by atomic mass is 10.1. The Hall–Kier alpha value is -2.06. The summed E-state index contributed by atoms with van der Waals surface area (Å²) >= 11 is 0. The number of nitrogens with one attached hydrogen (secondary N) is 1. The molecule has 0 bridgehead atoms. The van der Waals surface area contributed by atoms with Crippen molar-refractivity contribution in [3.05, 3.63) is 77.9 Å². The second-order valence-electron chi connectivity index (χ2n) is 4.01. The van der Waals surface area contributed by atoms with Gasteiger partial charge in [0.25, 0.3) is 0 Å². The van der Waals surface area contributed by atoms with Crippen LogP contribution in [0, 0.1) is 0 Å². The van der Waals surface area contributed by atoms with Crippen molar-refractivity contribution in [1.82, 2.24) is 5.48 Å². The summed E-state index contributed by atoms with van der Waals surface area (Å²) in [6.45, 7) is 0. The minimum Gasteiger partial charge on any atom is -0.407 e. The molecule has 0 saturated heterocycles. The van der Waals surface area contributed by atoms with E-state index in [0.717, 1.165) is 11.3 Å². The van der Waals surface area contributed by atoms with Crippen LogP contribution in [0.15, 0.2) is 66.7 Å². The van der Waals surface area contributed by atoms with E-state index in [-0.39, 0.29) is 6.04 Å². The van der Waals surface area contributed by atoms with Crippen LogP contribution in [-0.4, -0.2) is 0 Å². The minimum absolute atomic E-state index is 0.131. The summed E-state index contributed by atoms with van der Waals surface area (Å²) in [6, 6.07) is 20.5. The van der Waals surface area contributed by atoms with Gasteiger partial charge in [0.05, 0.1) is 6.04 Å². The predicted octanol–water partition coefficient (Wildman–Crippen LogP) is 3.30. The molecule has 2 aromatic rings. The van der Waals surface area contributed by atoms with Crippen molar-refractivity contribution < 1.29 is 4.84 Å². The van der Waals surface area contributed by atoms with Crippen LogP contribution in [-0.2, 0) is 4.84 Å².